The number of fused-ring (bicyclic) bond motifs is 1. The quantitative estimate of drug-likeness (QED) is 0.520. The van der Waals surface area contributed by atoms with Crippen LogP contribution < -0.4 is 0 Å². The molecule has 2 unspecified atom stereocenters. The summed E-state index contributed by atoms with van der Waals surface area (Å²) in [6.07, 6.45) is 3.29. The lowest BCUT2D eigenvalue weighted by Crippen LogP contribution is -2.58. The minimum absolute atomic E-state index is 0.0833. The molecular weight excluding hydrogens is 130 g/mol. The Morgan fingerprint density at radius 1 is 1.60 bits per heavy atom. The monoisotopic (exact) mass is 141 g/mol. The van der Waals surface area contributed by atoms with Gasteiger partial charge in [0.1, 0.15) is 6.73 Å². The largest absolute Gasteiger partial charge is 0.376 e. The van der Waals surface area contributed by atoms with Crippen LogP contribution in [0.25, 0.3) is 0 Å². The molecular formula is C7H11NO2. The molecule has 0 spiro atoms. The summed E-state index contributed by atoms with van der Waals surface area (Å²) in [6, 6.07) is 0.387. The van der Waals surface area contributed by atoms with Crippen LogP contribution in [0.3, 0.4) is 0 Å². The van der Waals surface area contributed by atoms with E-state index in [2.05, 4.69) is 0 Å². The van der Waals surface area contributed by atoms with Gasteiger partial charge in [0.25, 0.3) is 0 Å². The summed E-state index contributed by atoms with van der Waals surface area (Å²) in [6.45, 7) is -0.0833. The van der Waals surface area contributed by atoms with Gasteiger partial charge in [0.05, 0.1) is 5.92 Å². The zero-order valence-electron chi connectivity index (χ0n) is 5.79. The summed E-state index contributed by atoms with van der Waals surface area (Å²) in [5.74, 6) is 0.428. The van der Waals surface area contributed by atoms with Gasteiger partial charge in [0.2, 0.25) is 5.91 Å². The van der Waals surface area contributed by atoms with Gasteiger partial charge >= 0.3 is 0 Å². The second kappa shape index (κ2) is 1.95. The second-order valence-corrected chi connectivity index (χ2v) is 3.05. The Balaban J connectivity index is 2.08. The second-order valence-electron chi connectivity index (χ2n) is 3.05. The first-order chi connectivity index (χ1) is 4.84. The van der Waals surface area contributed by atoms with Crippen LogP contribution in [0.5, 0.6) is 0 Å². The molecule has 1 saturated carbocycles. The highest BCUT2D eigenvalue weighted by molar-refractivity contribution is 5.86. The van der Waals surface area contributed by atoms with Gasteiger partial charge in [-0.15, -0.1) is 0 Å². The predicted octanol–water partition coefficient (Wildman–Crippen LogP) is -0.0529. The first-order valence-electron chi connectivity index (χ1n) is 3.76. The van der Waals surface area contributed by atoms with Crippen LogP contribution in [0.1, 0.15) is 19.3 Å². The summed E-state index contributed by atoms with van der Waals surface area (Å²) in [5, 5.41) is 8.71. The molecule has 2 aliphatic rings. The fraction of sp³-hybridized carbons (Fsp3) is 0.857. The van der Waals surface area contributed by atoms with Gasteiger partial charge in [-0.2, -0.15) is 0 Å². The first kappa shape index (κ1) is 6.16. The predicted molar refractivity (Wildman–Crippen MR) is 35.1 cm³/mol. The molecule has 1 N–H and O–H groups in total. The Morgan fingerprint density at radius 3 is 3.10 bits per heavy atom. The highest BCUT2D eigenvalue weighted by Crippen LogP contribution is 2.39. The Labute approximate surface area is 59.6 Å². The number of rotatable bonds is 1. The molecule has 0 aromatic rings. The van der Waals surface area contributed by atoms with Crippen molar-refractivity contribution in [3.63, 3.8) is 0 Å². The molecule has 56 valence electrons. The molecule has 2 fully saturated rings. The molecule has 3 heteroatoms. The summed E-state index contributed by atoms with van der Waals surface area (Å²) in [7, 11) is 0. The van der Waals surface area contributed by atoms with Gasteiger partial charge in [-0.25, -0.2) is 0 Å². The third-order valence-corrected chi connectivity index (χ3v) is 2.63. The van der Waals surface area contributed by atoms with Crippen LogP contribution in [0.15, 0.2) is 0 Å². The normalized spacial score (nSPS) is 37.7. The van der Waals surface area contributed by atoms with E-state index in [1.807, 2.05) is 0 Å². The van der Waals surface area contributed by atoms with Crippen molar-refractivity contribution in [1.82, 2.24) is 4.90 Å². The van der Waals surface area contributed by atoms with Crippen LogP contribution in [0.4, 0.5) is 0 Å². The average Bonchev–Trinajstić information content (AvgIpc) is 2.33. The average molecular weight is 141 g/mol. The Hall–Kier alpha value is -0.570. The third kappa shape index (κ3) is 0.560. The van der Waals surface area contributed by atoms with Crippen molar-refractivity contribution in [1.29, 1.82) is 0 Å². The van der Waals surface area contributed by atoms with Crippen LogP contribution >= 0.6 is 0 Å². The molecule has 1 heterocycles. The fourth-order valence-electron chi connectivity index (χ4n) is 2.07. The molecule has 0 aromatic heterocycles. The van der Waals surface area contributed by atoms with Gasteiger partial charge in [0, 0.05) is 6.04 Å². The number of carbonyl (C=O) groups excluding carboxylic acids is 1. The number of amides is 1. The lowest BCUT2D eigenvalue weighted by Gasteiger charge is -2.42. The molecule has 0 bridgehead atoms. The number of carbonyl (C=O) groups is 1. The van der Waals surface area contributed by atoms with Gasteiger partial charge in [-0.3, -0.25) is 4.79 Å². The van der Waals surface area contributed by atoms with E-state index < -0.39 is 0 Å². The number of hydrogen-bond donors (Lipinski definition) is 1. The van der Waals surface area contributed by atoms with Gasteiger partial charge in [-0.05, 0) is 12.8 Å². The van der Waals surface area contributed by atoms with E-state index in [1.165, 1.54) is 0 Å². The molecule has 1 saturated heterocycles. The van der Waals surface area contributed by atoms with E-state index >= 15 is 0 Å². The van der Waals surface area contributed by atoms with E-state index in [4.69, 9.17) is 5.11 Å². The number of nitrogens with zero attached hydrogens (tertiary/aromatic N) is 1. The zero-order valence-corrected chi connectivity index (χ0v) is 5.79. The molecule has 1 aliphatic heterocycles. The van der Waals surface area contributed by atoms with Crippen molar-refractivity contribution >= 4 is 5.91 Å². The molecule has 2 atom stereocenters. The lowest BCUT2D eigenvalue weighted by atomic mass is 9.92. The van der Waals surface area contributed by atoms with Gasteiger partial charge in [0.15, 0.2) is 0 Å². The number of hydrogen-bond acceptors (Lipinski definition) is 2. The minimum atomic E-state index is -0.0833. The van der Waals surface area contributed by atoms with Crippen molar-refractivity contribution in [2.75, 3.05) is 6.73 Å². The van der Waals surface area contributed by atoms with Crippen molar-refractivity contribution in [2.45, 2.75) is 25.3 Å². The maximum Gasteiger partial charge on any atom is 0.229 e. The molecule has 0 aromatic carbocycles. The van der Waals surface area contributed by atoms with Crippen molar-refractivity contribution in [2.24, 2.45) is 5.92 Å². The standard InChI is InChI=1S/C7H11NO2/c9-4-8-6-3-1-2-5(6)7(8)10/h5-6,9H,1-4H2. The highest BCUT2D eigenvalue weighted by Gasteiger charge is 2.48. The van der Waals surface area contributed by atoms with Crippen molar-refractivity contribution in [3.8, 4) is 0 Å². The summed E-state index contributed by atoms with van der Waals surface area (Å²) in [5.41, 5.74) is 0. The number of likely N-dealkylation sites (tertiary alicyclic amines) is 1. The van der Waals surface area contributed by atoms with Crippen molar-refractivity contribution < 1.29 is 9.90 Å². The van der Waals surface area contributed by atoms with Gasteiger partial charge < -0.3 is 10.0 Å². The topological polar surface area (TPSA) is 40.5 Å². The number of β-lactam (4-membered cyclic amide) rings is 1. The van der Waals surface area contributed by atoms with E-state index in [9.17, 15) is 4.79 Å². The van der Waals surface area contributed by atoms with Crippen LogP contribution in [-0.2, 0) is 4.79 Å². The summed E-state index contributed by atoms with van der Waals surface area (Å²) in [4.78, 5) is 12.6. The Kier molecular flexibility index (Phi) is 1.20. The smallest absolute Gasteiger partial charge is 0.229 e. The Morgan fingerprint density at radius 2 is 2.40 bits per heavy atom. The summed E-state index contributed by atoms with van der Waals surface area (Å²) < 4.78 is 0. The highest BCUT2D eigenvalue weighted by atomic mass is 16.3. The molecule has 3 nitrogen and oxygen atoms in total. The van der Waals surface area contributed by atoms with E-state index in [0.717, 1.165) is 19.3 Å². The van der Waals surface area contributed by atoms with Crippen molar-refractivity contribution in [3.05, 3.63) is 0 Å². The van der Waals surface area contributed by atoms with Crippen LogP contribution in [-0.4, -0.2) is 28.7 Å². The Bertz CT molecular complexity index is 169. The molecule has 1 aliphatic carbocycles. The maximum atomic E-state index is 11.0. The fourth-order valence-corrected chi connectivity index (χ4v) is 2.07. The zero-order chi connectivity index (χ0) is 7.14. The first-order valence-corrected chi connectivity index (χ1v) is 3.76. The van der Waals surface area contributed by atoms with Gasteiger partial charge in [-0.1, -0.05) is 6.42 Å². The molecule has 10 heavy (non-hydrogen) atoms. The number of aliphatic hydroxyl groups is 1. The summed E-state index contributed by atoms with van der Waals surface area (Å²) >= 11 is 0. The van der Waals surface area contributed by atoms with E-state index in [-0.39, 0.29) is 18.6 Å². The maximum absolute atomic E-state index is 11.0. The molecule has 2 rings (SSSR count). The van der Waals surface area contributed by atoms with Crippen LogP contribution in [0, 0.1) is 5.92 Å². The molecule has 1 amide bonds. The third-order valence-electron chi connectivity index (χ3n) is 2.63. The van der Waals surface area contributed by atoms with E-state index in [1.54, 1.807) is 4.90 Å². The van der Waals surface area contributed by atoms with E-state index in [0.29, 0.717) is 6.04 Å². The molecule has 0 radical (unpaired) electrons. The minimum Gasteiger partial charge on any atom is -0.376 e. The SMILES string of the molecule is O=C1C2CCCC2N1CO. The number of aliphatic hydroxyl groups excluding tert-OH is 1. The lowest BCUT2D eigenvalue weighted by molar-refractivity contribution is -0.160. The van der Waals surface area contributed by atoms with Crippen LogP contribution in [0.2, 0.25) is 0 Å².